The number of aromatic nitrogens is 4. The third kappa shape index (κ3) is 3.10. The molecule has 0 aliphatic heterocycles. The van der Waals surface area contributed by atoms with Gasteiger partial charge in [0.05, 0.1) is 19.0 Å². The molecule has 1 atom stereocenters. The van der Waals surface area contributed by atoms with E-state index in [9.17, 15) is 0 Å². The zero-order valence-electron chi connectivity index (χ0n) is 10.9. The number of nitrogens with two attached hydrogens (primary N) is 3. The molecular weight excluding hydrogens is 264 g/mol. The summed E-state index contributed by atoms with van der Waals surface area (Å²) < 4.78 is 6.91. The molecule has 0 aliphatic rings. The number of anilines is 1. The van der Waals surface area contributed by atoms with Crippen LogP contribution in [0, 0.1) is 0 Å². The number of aliphatic imine (C=N–C) groups is 1. The molecule has 0 saturated heterocycles. The van der Waals surface area contributed by atoms with Gasteiger partial charge in [0.15, 0.2) is 17.4 Å². The number of hydrogen-bond donors (Lipinski definition) is 4. The summed E-state index contributed by atoms with van der Waals surface area (Å²) in [6, 6.07) is 0. The van der Waals surface area contributed by atoms with E-state index in [0.29, 0.717) is 11.2 Å². The smallest absolute Gasteiger partial charge is 0.256 e. The number of hydrogen-bond acceptors (Lipinski definition) is 7. The molecule has 0 aliphatic carbocycles. The zero-order chi connectivity index (χ0) is 14.7. The molecule has 108 valence electrons. The second-order valence-corrected chi connectivity index (χ2v) is 4.18. The fraction of sp³-hybridized carbons (Fsp3) is 0.400. The Morgan fingerprint density at radius 2 is 2.25 bits per heavy atom. The molecule has 0 amide bonds. The van der Waals surface area contributed by atoms with Crippen molar-refractivity contribution >= 4 is 28.9 Å². The van der Waals surface area contributed by atoms with Crippen molar-refractivity contribution in [1.82, 2.24) is 19.5 Å². The molecule has 20 heavy (non-hydrogen) atoms. The van der Waals surface area contributed by atoms with Gasteiger partial charge in [-0.1, -0.05) is 0 Å². The average molecular weight is 280 g/mol. The topological polar surface area (TPSA) is 163 Å². The lowest BCUT2D eigenvalue weighted by Crippen LogP contribution is -2.22. The summed E-state index contributed by atoms with van der Waals surface area (Å²) in [5.74, 6) is 0.0525. The number of ether oxygens (including phenoxy) is 1. The molecule has 0 unspecified atom stereocenters. The number of rotatable bonds is 5. The van der Waals surface area contributed by atoms with E-state index in [2.05, 4.69) is 19.9 Å². The average Bonchev–Trinajstić information content (AvgIpc) is 2.72. The van der Waals surface area contributed by atoms with E-state index in [-0.39, 0.29) is 31.1 Å². The summed E-state index contributed by atoms with van der Waals surface area (Å²) in [7, 11) is 0. The van der Waals surface area contributed by atoms with Crippen LogP contribution < -0.4 is 17.2 Å². The van der Waals surface area contributed by atoms with Crippen LogP contribution in [-0.4, -0.2) is 43.3 Å². The number of fused-ring (bicyclic) bond motifs is 1. The van der Waals surface area contributed by atoms with Crippen molar-refractivity contribution in [2.75, 3.05) is 12.3 Å². The summed E-state index contributed by atoms with van der Waals surface area (Å²) in [5, 5.41) is 9.14. The number of nitrogen functional groups attached to an aromatic ring is 1. The molecular formula is C10H16N8O2. The van der Waals surface area contributed by atoms with E-state index in [1.54, 1.807) is 11.5 Å². The van der Waals surface area contributed by atoms with E-state index < -0.39 is 6.10 Å². The number of imidazole rings is 1. The van der Waals surface area contributed by atoms with Crippen molar-refractivity contribution in [2.24, 2.45) is 16.5 Å². The Morgan fingerprint density at radius 3 is 2.90 bits per heavy atom. The van der Waals surface area contributed by atoms with Gasteiger partial charge in [-0.05, 0) is 6.92 Å². The Labute approximate surface area is 114 Å². The minimum absolute atomic E-state index is 0.0484. The number of aliphatic hydroxyl groups is 1. The Bertz CT molecular complexity index is 631. The van der Waals surface area contributed by atoms with Crippen molar-refractivity contribution in [3.05, 3.63) is 6.33 Å². The Kier molecular flexibility index (Phi) is 3.96. The number of aliphatic hydroxyl groups excluding tert-OH is 1. The molecule has 2 heterocycles. The van der Waals surface area contributed by atoms with Crippen LogP contribution in [0.3, 0.4) is 0 Å². The summed E-state index contributed by atoms with van der Waals surface area (Å²) in [4.78, 5) is 15.9. The first-order valence-electron chi connectivity index (χ1n) is 5.81. The molecule has 2 aromatic heterocycles. The van der Waals surface area contributed by atoms with Gasteiger partial charge in [0.2, 0.25) is 0 Å². The van der Waals surface area contributed by atoms with Gasteiger partial charge in [-0.2, -0.15) is 15.0 Å². The van der Waals surface area contributed by atoms with Gasteiger partial charge in [-0.15, -0.1) is 0 Å². The standard InChI is InChI=1S/C10H16N8O2/c1-5(19)2-20-4-18-3-14-6-7(11)15-10(16-8(6)18)17-9(12)13/h3,5,19H,2,4H2,1H3,(H6,11,12,13,15,16,17)/t5-/m1/s1. The monoisotopic (exact) mass is 280 g/mol. The van der Waals surface area contributed by atoms with Crippen molar-refractivity contribution in [2.45, 2.75) is 19.8 Å². The normalized spacial score (nSPS) is 12.5. The van der Waals surface area contributed by atoms with Gasteiger partial charge < -0.3 is 27.0 Å². The molecule has 7 N–H and O–H groups in total. The van der Waals surface area contributed by atoms with Crippen LogP contribution in [0.4, 0.5) is 11.8 Å². The highest BCUT2D eigenvalue weighted by molar-refractivity contribution is 5.84. The van der Waals surface area contributed by atoms with E-state index in [1.165, 1.54) is 6.33 Å². The Hall–Kier alpha value is -2.46. The molecule has 0 radical (unpaired) electrons. The summed E-state index contributed by atoms with van der Waals surface area (Å²) in [5.41, 5.74) is 17.2. The van der Waals surface area contributed by atoms with Crippen LogP contribution in [0.15, 0.2) is 11.3 Å². The summed E-state index contributed by atoms with van der Waals surface area (Å²) >= 11 is 0. The minimum Gasteiger partial charge on any atom is -0.391 e. The molecule has 0 saturated carbocycles. The lowest BCUT2D eigenvalue weighted by atomic mass is 10.4. The molecule has 10 nitrogen and oxygen atoms in total. The van der Waals surface area contributed by atoms with Crippen molar-refractivity contribution < 1.29 is 9.84 Å². The highest BCUT2D eigenvalue weighted by Gasteiger charge is 2.11. The Balaban J connectivity index is 2.32. The summed E-state index contributed by atoms with van der Waals surface area (Å²) in [6.45, 7) is 1.99. The molecule has 10 heteroatoms. The van der Waals surface area contributed by atoms with Gasteiger partial charge in [0.1, 0.15) is 12.2 Å². The van der Waals surface area contributed by atoms with Crippen molar-refractivity contribution in [3.8, 4) is 0 Å². The molecule has 0 bridgehead atoms. The van der Waals surface area contributed by atoms with E-state index in [4.69, 9.17) is 27.0 Å². The van der Waals surface area contributed by atoms with Gasteiger partial charge in [0.25, 0.3) is 5.95 Å². The first-order valence-corrected chi connectivity index (χ1v) is 5.81. The maximum Gasteiger partial charge on any atom is 0.256 e. The van der Waals surface area contributed by atoms with E-state index >= 15 is 0 Å². The number of nitrogens with zero attached hydrogens (tertiary/aromatic N) is 5. The Morgan fingerprint density at radius 1 is 1.50 bits per heavy atom. The van der Waals surface area contributed by atoms with Crippen LogP contribution in [0.25, 0.3) is 11.2 Å². The first kappa shape index (κ1) is 14.0. The fourth-order valence-electron chi connectivity index (χ4n) is 1.54. The predicted octanol–water partition coefficient (Wildman–Crippen LogP) is -1.33. The van der Waals surface area contributed by atoms with Crippen LogP contribution in [0.5, 0.6) is 0 Å². The molecule has 0 spiro atoms. The van der Waals surface area contributed by atoms with Gasteiger partial charge in [0, 0.05) is 0 Å². The van der Waals surface area contributed by atoms with Crippen molar-refractivity contribution in [1.29, 1.82) is 0 Å². The van der Waals surface area contributed by atoms with Gasteiger partial charge >= 0.3 is 0 Å². The molecule has 2 rings (SSSR count). The lowest BCUT2D eigenvalue weighted by molar-refractivity contribution is 0.0139. The van der Waals surface area contributed by atoms with Gasteiger partial charge in [-0.25, -0.2) is 4.98 Å². The largest absolute Gasteiger partial charge is 0.391 e. The van der Waals surface area contributed by atoms with Crippen LogP contribution in [0.2, 0.25) is 0 Å². The first-order chi connectivity index (χ1) is 9.47. The van der Waals surface area contributed by atoms with Crippen LogP contribution in [0.1, 0.15) is 6.92 Å². The predicted molar refractivity (Wildman–Crippen MR) is 72.8 cm³/mol. The van der Waals surface area contributed by atoms with Crippen molar-refractivity contribution in [3.63, 3.8) is 0 Å². The SMILES string of the molecule is C[C@@H](O)COCn1cnc2c(N)nc(N=C(N)N)nc21. The van der Waals surface area contributed by atoms with Gasteiger partial charge in [-0.3, -0.25) is 4.57 Å². The fourth-order valence-corrected chi connectivity index (χ4v) is 1.54. The maximum absolute atomic E-state index is 9.14. The second kappa shape index (κ2) is 5.67. The van der Waals surface area contributed by atoms with Crippen LogP contribution in [-0.2, 0) is 11.5 Å². The molecule has 0 fully saturated rings. The quantitative estimate of drug-likeness (QED) is 0.386. The highest BCUT2D eigenvalue weighted by Crippen LogP contribution is 2.19. The molecule has 2 aromatic rings. The summed E-state index contributed by atoms with van der Waals surface area (Å²) in [6.07, 6.45) is 0.957. The van der Waals surface area contributed by atoms with E-state index in [0.717, 1.165) is 0 Å². The third-order valence-electron chi connectivity index (χ3n) is 2.30. The molecule has 0 aromatic carbocycles. The minimum atomic E-state index is -0.554. The number of guanidine groups is 1. The lowest BCUT2D eigenvalue weighted by Gasteiger charge is -2.07. The van der Waals surface area contributed by atoms with E-state index in [1.807, 2.05) is 0 Å². The second-order valence-electron chi connectivity index (χ2n) is 4.18. The zero-order valence-corrected chi connectivity index (χ0v) is 10.9. The highest BCUT2D eigenvalue weighted by atomic mass is 16.5. The maximum atomic E-state index is 9.14. The van der Waals surface area contributed by atoms with Crippen LogP contribution >= 0.6 is 0 Å². The third-order valence-corrected chi connectivity index (χ3v) is 2.30.